The lowest BCUT2D eigenvalue weighted by Gasteiger charge is -2.47. The molecule has 1 N–H and O–H groups in total. The number of rotatable bonds is 3. The van der Waals surface area contributed by atoms with Crippen LogP contribution in [0.5, 0.6) is 0 Å². The molecule has 126 valence electrons. The van der Waals surface area contributed by atoms with Crippen LogP contribution in [0, 0.1) is 0 Å². The Morgan fingerprint density at radius 1 is 1.29 bits per heavy atom. The molecule has 1 heterocycles. The number of carboxylic acids is 1. The lowest BCUT2D eigenvalue weighted by molar-refractivity contribution is -0.142. The predicted molar refractivity (Wildman–Crippen MR) is 88.4 cm³/mol. The van der Waals surface area contributed by atoms with Crippen molar-refractivity contribution >= 4 is 11.9 Å². The first-order valence-corrected chi connectivity index (χ1v) is 8.00. The Bertz CT molecular complexity index is 764. The van der Waals surface area contributed by atoms with Crippen LogP contribution in [0.15, 0.2) is 47.8 Å². The number of hydrogen-bond acceptors (Lipinski definition) is 2. The molecule has 24 heavy (non-hydrogen) atoms. The van der Waals surface area contributed by atoms with E-state index in [1.54, 1.807) is 49.1 Å². The molecule has 1 aromatic carbocycles. The molecule has 1 unspecified atom stereocenters. The number of nitrogens with zero attached hydrogens (tertiary/aromatic N) is 1. The lowest BCUT2D eigenvalue weighted by Crippen LogP contribution is -2.57. The van der Waals surface area contributed by atoms with E-state index in [-0.39, 0.29) is 11.7 Å². The molecule has 0 spiro atoms. The van der Waals surface area contributed by atoms with E-state index in [4.69, 9.17) is 0 Å². The van der Waals surface area contributed by atoms with E-state index in [2.05, 4.69) is 0 Å². The third-order valence-corrected chi connectivity index (χ3v) is 4.94. The monoisotopic (exact) mass is 329 g/mol. The van der Waals surface area contributed by atoms with Gasteiger partial charge >= 0.3 is 5.97 Å². The topological polar surface area (TPSA) is 57.6 Å². The fourth-order valence-electron chi connectivity index (χ4n) is 3.59. The van der Waals surface area contributed by atoms with Gasteiger partial charge in [0, 0.05) is 18.5 Å². The van der Waals surface area contributed by atoms with Crippen molar-refractivity contribution in [2.75, 3.05) is 6.54 Å². The summed E-state index contributed by atoms with van der Waals surface area (Å²) < 4.78 is 13.2. The molecule has 1 aromatic rings. The normalized spacial score (nSPS) is 22.5. The minimum absolute atomic E-state index is 0.170. The summed E-state index contributed by atoms with van der Waals surface area (Å²) >= 11 is 0. The van der Waals surface area contributed by atoms with Gasteiger partial charge in [0.1, 0.15) is 11.7 Å². The Hall–Kier alpha value is -2.43. The van der Waals surface area contributed by atoms with Crippen LogP contribution in [0.3, 0.4) is 0 Å². The summed E-state index contributed by atoms with van der Waals surface area (Å²) in [6, 6.07) is 6.88. The van der Waals surface area contributed by atoms with Crippen LogP contribution in [-0.4, -0.2) is 34.0 Å². The van der Waals surface area contributed by atoms with Crippen molar-refractivity contribution in [1.29, 1.82) is 0 Å². The molecule has 0 aromatic heterocycles. The van der Waals surface area contributed by atoms with Gasteiger partial charge in [-0.25, -0.2) is 4.39 Å². The lowest BCUT2D eigenvalue weighted by atomic mass is 9.74. The molecule has 2 aliphatic rings. The van der Waals surface area contributed by atoms with Crippen molar-refractivity contribution in [3.8, 4) is 0 Å². The zero-order valence-electron chi connectivity index (χ0n) is 13.8. The summed E-state index contributed by atoms with van der Waals surface area (Å²) in [6.45, 7) is 3.87. The van der Waals surface area contributed by atoms with Crippen molar-refractivity contribution in [2.45, 2.75) is 38.1 Å². The van der Waals surface area contributed by atoms with Crippen molar-refractivity contribution in [3.63, 3.8) is 0 Å². The predicted octanol–water partition coefficient (Wildman–Crippen LogP) is 3.66. The van der Waals surface area contributed by atoms with Crippen LogP contribution < -0.4 is 0 Å². The van der Waals surface area contributed by atoms with Gasteiger partial charge in [-0.15, -0.1) is 0 Å². The molecular formula is C19H20FNO3. The smallest absolute Gasteiger partial charge is 0.313 e. The molecule has 1 aliphatic heterocycles. The second-order valence-corrected chi connectivity index (χ2v) is 6.84. The first-order chi connectivity index (χ1) is 11.3. The Morgan fingerprint density at radius 2 is 2.00 bits per heavy atom. The highest BCUT2D eigenvalue weighted by molar-refractivity contribution is 6.01. The highest BCUT2D eigenvalue weighted by Crippen LogP contribution is 2.41. The number of carbonyl (C=O) groups is 2. The quantitative estimate of drug-likeness (QED) is 0.920. The molecule has 1 aliphatic carbocycles. The van der Waals surface area contributed by atoms with Crippen LogP contribution in [-0.2, 0) is 4.79 Å². The minimum atomic E-state index is -0.950. The average Bonchev–Trinajstić information content (AvgIpc) is 2.52. The molecule has 0 fully saturated rings. The molecular weight excluding hydrogens is 309 g/mol. The van der Waals surface area contributed by atoms with Crippen molar-refractivity contribution in [3.05, 3.63) is 58.9 Å². The molecule has 3 rings (SSSR count). The third kappa shape index (κ3) is 2.64. The maximum Gasteiger partial charge on any atom is 0.313 e. The van der Waals surface area contributed by atoms with Gasteiger partial charge in [-0.05, 0) is 38.0 Å². The summed E-state index contributed by atoms with van der Waals surface area (Å²) in [5, 5.41) is 9.75. The van der Waals surface area contributed by atoms with Gasteiger partial charge in [0.05, 0.1) is 5.54 Å². The van der Waals surface area contributed by atoms with E-state index >= 15 is 0 Å². The number of allylic oxidation sites excluding steroid dienone is 3. The zero-order valence-corrected chi connectivity index (χ0v) is 13.8. The van der Waals surface area contributed by atoms with Crippen molar-refractivity contribution in [1.82, 2.24) is 4.90 Å². The fraction of sp³-hybridized carbons (Fsp3) is 0.368. The molecule has 0 bridgehead atoms. The van der Waals surface area contributed by atoms with E-state index < -0.39 is 17.4 Å². The summed E-state index contributed by atoms with van der Waals surface area (Å²) in [7, 11) is 0. The van der Waals surface area contributed by atoms with Crippen LogP contribution in [0.2, 0.25) is 0 Å². The van der Waals surface area contributed by atoms with E-state index in [1.165, 1.54) is 6.08 Å². The number of carboxylic acid groups (broad SMARTS) is 1. The van der Waals surface area contributed by atoms with Crippen LogP contribution in [0.1, 0.15) is 48.5 Å². The number of fused-ring (bicyclic) bond motifs is 1. The molecule has 5 heteroatoms. The van der Waals surface area contributed by atoms with Gasteiger partial charge in [0.25, 0.3) is 5.91 Å². The second-order valence-electron chi connectivity index (χ2n) is 6.84. The summed E-state index contributed by atoms with van der Waals surface area (Å²) in [5.41, 5.74) is 1.04. The summed E-state index contributed by atoms with van der Waals surface area (Å²) in [6.07, 6.45) is 3.98. The first-order valence-electron chi connectivity index (χ1n) is 8.00. The van der Waals surface area contributed by atoms with Gasteiger partial charge in [-0.2, -0.15) is 0 Å². The van der Waals surface area contributed by atoms with Gasteiger partial charge in [-0.1, -0.05) is 29.8 Å². The molecule has 0 radical (unpaired) electrons. The number of amides is 1. The third-order valence-electron chi connectivity index (χ3n) is 4.94. The van der Waals surface area contributed by atoms with E-state index in [9.17, 15) is 19.1 Å². The highest BCUT2D eigenvalue weighted by atomic mass is 19.1. The molecule has 0 saturated heterocycles. The van der Waals surface area contributed by atoms with Gasteiger partial charge in [0.2, 0.25) is 0 Å². The Morgan fingerprint density at radius 3 is 2.62 bits per heavy atom. The zero-order chi connectivity index (χ0) is 17.5. The SMILES string of the molecule is CC1(C)C(C(=O)O)c2ccccc2C(=O)N1CC1=CC=C(F)CC1. The van der Waals surface area contributed by atoms with Gasteiger partial charge in [0.15, 0.2) is 0 Å². The number of hydrogen-bond donors (Lipinski definition) is 1. The Labute approximate surface area is 140 Å². The van der Waals surface area contributed by atoms with Gasteiger partial charge < -0.3 is 10.0 Å². The van der Waals surface area contributed by atoms with Crippen molar-refractivity contribution in [2.24, 2.45) is 0 Å². The van der Waals surface area contributed by atoms with Crippen LogP contribution in [0.4, 0.5) is 4.39 Å². The molecule has 1 amide bonds. The largest absolute Gasteiger partial charge is 0.481 e. The summed E-state index contributed by atoms with van der Waals surface area (Å²) in [4.78, 5) is 26.5. The highest BCUT2D eigenvalue weighted by Gasteiger charge is 2.49. The van der Waals surface area contributed by atoms with Gasteiger partial charge in [-0.3, -0.25) is 9.59 Å². The van der Waals surface area contributed by atoms with Crippen LogP contribution >= 0.6 is 0 Å². The Kier molecular flexibility index (Phi) is 4.03. The molecule has 4 nitrogen and oxygen atoms in total. The fourth-order valence-corrected chi connectivity index (χ4v) is 3.59. The Balaban J connectivity index is 2.03. The van der Waals surface area contributed by atoms with E-state index in [1.807, 2.05) is 0 Å². The van der Waals surface area contributed by atoms with E-state index in [0.717, 1.165) is 5.57 Å². The maximum atomic E-state index is 13.2. The van der Waals surface area contributed by atoms with Crippen LogP contribution in [0.25, 0.3) is 0 Å². The number of aliphatic carboxylic acids is 1. The maximum absolute atomic E-state index is 13.2. The molecule has 1 atom stereocenters. The number of benzene rings is 1. The second kappa shape index (κ2) is 5.89. The minimum Gasteiger partial charge on any atom is -0.481 e. The first kappa shape index (κ1) is 16.4. The summed E-state index contributed by atoms with van der Waals surface area (Å²) in [5.74, 6) is -2.10. The molecule has 0 saturated carbocycles. The number of halogens is 1. The average molecular weight is 329 g/mol. The standard InChI is InChI=1S/C19H20FNO3/c1-19(2)16(18(23)24)14-5-3-4-6-15(14)17(22)21(19)11-12-7-9-13(20)10-8-12/h3-7,9,16H,8,10-11H2,1-2H3,(H,23,24). The van der Waals surface area contributed by atoms with Crippen molar-refractivity contribution < 1.29 is 19.1 Å². The number of carbonyl (C=O) groups excluding carboxylic acids is 1. The van der Waals surface area contributed by atoms with E-state index in [0.29, 0.717) is 30.5 Å².